The first-order chi connectivity index (χ1) is 17.9. The van der Waals surface area contributed by atoms with Gasteiger partial charge >= 0.3 is 0 Å². The van der Waals surface area contributed by atoms with E-state index in [1.54, 1.807) is 18.5 Å². The number of aromatic nitrogens is 2. The monoisotopic (exact) mass is 532 g/mol. The molecule has 0 fully saturated rings. The van der Waals surface area contributed by atoms with E-state index in [0.29, 0.717) is 16.2 Å². The zero-order valence-corrected chi connectivity index (χ0v) is 27.0. The lowest BCUT2D eigenvalue weighted by molar-refractivity contribution is 0.357. The van der Waals surface area contributed by atoms with Gasteiger partial charge in [-0.1, -0.05) is 138 Å². The molecule has 39 heavy (non-hydrogen) atoms. The average molecular weight is 533 g/mol. The van der Waals surface area contributed by atoms with Crippen molar-refractivity contribution in [1.29, 1.82) is 0 Å². The van der Waals surface area contributed by atoms with E-state index in [1.807, 2.05) is 18.2 Å². The number of para-hydroxylation sites is 1. The first-order valence-electron chi connectivity index (χ1n) is 14.1. The van der Waals surface area contributed by atoms with Crippen molar-refractivity contribution in [1.82, 2.24) is 9.97 Å². The molecular formula is C36H56N2O. The van der Waals surface area contributed by atoms with Gasteiger partial charge < -0.3 is 4.74 Å². The van der Waals surface area contributed by atoms with Gasteiger partial charge in [-0.05, 0) is 51.5 Å². The zero-order valence-electron chi connectivity index (χ0n) is 27.0. The molecule has 2 heterocycles. The third kappa shape index (κ3) is 27.9. The maximum Gasteiger partial charge on any atom is 0.122 e. The minimum atomic E-state index is 0.500. The Kier molecular flexibility index (Phi) is 17.0. The van der Waals surface area contributed by atoms with Crippen LogP contribution in [-0.4, -0.2) is 16.6 Å². The predicted molar refractivity (Wildman–Crippen MR) is 172 cm³/mol. The highest BCUT2D eigenvalue weighted by atomic mass is 16.5. The number of hydrogen-bond donors (Lipinski definition) is 0. The van der Waals surface area contributed by atoms with E-state index >= 15 is 0 Å². The lowest BCUT2D eigenvalue weighted by atomic mass is 10.0. The molecule has 0 spiro atoms. The first-order valence-corrected chi connectivity index (χ1v) is 14.1. The molecule has 2 aliphatic rings. The van der Waals surface area contributed by atoms with Crippen LogP contribution in [0.3, 0.4) is 0 Å². The normalized spacial score (nSPS) is 12.4. The molecule has 0 amide bonds. The van der Waals surface area contributed by atoms with Gasteiger partial charge in [-0.3, -0.25) is 0 Å². The van der Waals surface area contributed by atoms with Crippen LogP contribution in [0.25, 0.3) is 6.08 Å². The molecule has 0 radical (unpaired) electrons. The van der Waals surface area contributed by atoms with Crippen molar-refractivity contribution in [3.05, 3.63) is 96.1 Å². The van der Waals surface area contributed by atoms with E-state index in [-0.39, 0.29) is 0 Å². The van der Waals surface area contributed by atoms with Crippen LogP contribution in [0.1, 0.15) is 99.8 Å². The molecule has 1 aromatic heterocycles. The molecule has 1 aliphatic heterocycles. The fourth-order valence-corrected chi connectivity index (χ4v) is 2.57. The first kappa shape index (κ1) is 36.1. The molecule has 5 rings (SSSR count). The highest BCUT2D eigenvalue weighted by Gasteiger charge is 2.08. The van der Waals surface area contributed by atoms with Crippen molar-refractivity contribution in [2.45, 2.75) is 95.9 Å². The molecule has 0 bridgehead atoms. The molecule has 0 saturated heterocycles. The second-order valence-electron chi connectivity index (χ2n) is 14.4. The Morgan fingerprint density at radius 2 is 1.05 bits per heavy atom. The van der Waals surface area contributed by atoms with Crippen LogP contribution < -0.4 is 4.74 Å². The smallest absolute Gasteiger partial charge is 0.122 e. The summed E-state index contributed by atoms with van der Waals surface area (Å²) in [5.74, 6) is 1.07. The number of benzene rings is 2. The molecule has 1 aliphatic carbocycles. The Labute approximate surface area is 241 Å². The molecular weight excluding hydrogens is 476 g/mol. The highest BCUT2D eigenvalue weighted by molar-refractivity contribution is 5.59. The number of rotatable bonds is 0. The molecule has 3 heteroatoms. The van der Waals surface area contributed by atoms with Crippen molar-refractivity contribution < 1.29 is 4.74 Å². The molecule has 0 N–H and O–H groups in total. The summed E-state index contributed by atoms with van der Waals surface area (Å²) in [5, 5.41) is 0. The van der Waals surface area contributed by atoms with Crippen molar-refractivity contribution in [3.8, 4) is 5.75 Å². The largest absolute Gasteiger partial charge is 0.493 e. The van der Waals surface area contributed by atoms with Crippen LogP contribution in [0.5, 0.6) is 5.75 Å². The number of hydrogen-bond acceptors (Lipinski definition) is 3. The second-order valence-corrected chi connectivity index (χ2v) is 14.4. The van der Waals surface area contributed by atoms with Gasteiger partial charge in [0.1, 0.15) is 12.1 Å². The van der Waals surface area contributed by atoms with E-state index < -0.39 is 0 Å². The van der Waals surface area contributed by atoms with Gasteiger partial charge in [0.2, 0.25) is 0 Å². The summed E-state index contributed by atoms with van der Waals surface area (Å²) in [6.45, 7) is 27.1. The summed E-state index contributed by atoms with van der Waals surface area (Å²) in [4.78, 5) is 7.35. The van der Waals surface area contributed by atoms with Gasteiger partial charge in [0, 0.05) is 18.8 Å². The third-order valence-corrected chi connectivity index (χ3v) is 3.77. The minimum Gasteiger partial charge on any atom is -0.493 e. The summed E-state index contributed by atoms with van der Waals surface area (Å²) in [7, 11) is 0. The maximum atomic E-state index is 5.30. The lowest BCUT2D eigenvalue weighted by Crippen LogP contribution is -1.93. The zero-order chi connectivity index (χ0) is 30.0. The summed E-state index contributed by atoms with van der Waals surface area (Å²) >= 11 is 0. The predicted octanol–water partition coefficient (Wildman–Crippen LogP) is 10.5. The van der Waals surface area contributed by atoms with Crippen molar-refractivity contribution >= 4 is 6.08 Å². The van der Waals surface area contributed by atoms with Gasteiger partial charge in [0.25, 0.3) is 0 Å². The van der Waals surface area contributed by atoms with Crippen molar-refractivity contribution in [3.63, 3.8) is 0 Å². The highest BCUT2D eigenvalue weighted by Crippen LogP contribution is 2.23. The van der Waals surface area contributed by atoms with Crippen LogP contribution in [-0.2, 0) is 12.8 Å². The molecule has 3 nitrogen and oxygen atoms in total. The van der Waals surface area contributed by atoms with Gasteiger partial charge in [0.15, 0.2) is 0 Å². The summed E-state index contributed by atoms with van der Waals surface area (Å²) in [5.41, 5.74) is 5.69. The SMILES string of the molecule is C1=Cc2ccccc2C1.CC(C)(C)C.CC(C)(C)C.CC(C)(C)C.c1ccc2c(c1)CCO2.c1cncnc1. The molecule has 216 valence electrons. The fourth-order valence-electron chi connectivity index (χ4n) is 2.57. The van der Waals surface area contributed by atoms with Crippen LogP contribution in [0.4, 0.5) is 0 Å². The van der Waals surface area contributed by atoms with Crippen LogP contribution in [0.15, 0.2) is 79.4 Å². The van der Waals surface area contributed by atoms with Gasteiger partial charge in [-0.25, -0.2) is 9.97 Å². The van der Waals surface area contributed by atoms with E-state index in [0.717, 1.165) is 25.2 Å². The molecule has 0 unspecified atom stereocenters. The Bertz CT molecular complexity index is 931. The minimum absolute atomic E-state index is 0.500. The van der Waals surface area contributed by atoms with Crippen LogP contribution >= 0.6 is 0 Å². The van der Waals surface area contributed by atoms with E-state index in [4.69, 9.17) is 4.74 Å². The summed E-state index contributed by atoms with van der Waals surface area (Å²) in [6, 6.07) is 18.5. The average Bonchev–Trinajstić information content (AvgIpc) is 3.47. The van der Waals surface area contributed by atoms with Gasteiger partial charge in [-0.15, -0.1) is 0 Å². The Morgan fingerprint density at radius 1 is 0.590 bits per heavy atom. The van der Waals surface area contributed by atoms with Gasteiger partial charge in [-0.2, -0.15) is 0 Å². The lowest BCUT2D eigenvalue weighted by Gasteiger charge is -2.05. The van der Waals surface area contributed by atoms with Crippen molar-refractivity contribution in [2.75, 3.05) is 6.61 Å². The molecule has 0 atom stereocenters. The molecule has 2 aromatic carbocycles. The van der Waals surface area contributed by atoms with E-state index in [9.17, 15) is 0 Å². The van der Waals surface area contributed by atoms with Crippen LogP contribution in [0.2, 0.25) is 0 Å². The number of fused-ring (bicyclic) bond motifs is 2. The Morgan fingerprint density at radius 3 is 1.46 bits per heavy atom. The van der Waals surface area contributed by atoms with Crippen LogP contribution in [0, 0.1) is 16.2 Å². The number of allylic oxidation sites excluding steroid dienone is 1. The number of ether oxygens (including phenoxy) is 1. The summed E-state index contributed by atoms with van der Waals surface area (Å²) < 4.78 is 5.30. The Balaban J connectivity index is 0.000000457. The number of nitrogens with zero attached hydrogens (tertiary/aromatic N) is 2. The van der Waals surface area contributed by atoms with E-state index in [1.165, 1.54) is 23.0 Å². The molecule has 3 aromatic rings. The standard InChI is InChI=1S/C9H8.C8H8O.3C5H12.C4H4N2/c1-2-5-9-7-3-6-8(9)4-1;1-2-4-8-7(3-1)5-6-9-8;3*1-5(2,3)4;1-2-5-4-6-3-1/h1-6H,7H2;1-4H,5-6H2;3*1-4H3;1-4H. The van der Waals surface area contributed by atoms with Gasteiger partial charge in [0.05, 0.1) is 6.61 Å². The quantitative estimate of drug-likeness (QED) is 0.289. The summed E-state index contributed by atoms with van der Waals surface area (Å²) in [6.07, 6.45) is 11.5. The second kappa shape index (κ2) is 18.4. The molecule has 0 saturated carbocycles. The topological polar surface area (TPSA) is 35.0 Å². The fraction of sp³-hybridized carbons (Fsp3) is 0.500. The maximum absolute atomic E-state index is 5.30. The van der Waals surface area contributed by atoms with E-state index in [2.05, 4.69) is 136 Å². The van der Waals surface area contributed by atoms with Crippen molar-refractivity contribution in [2.24, 2.45) is 16.2 Å². The Hall–Kier alpha value is -2.94. The third-order valence-electron chi connectivity index (χ3n) is 3.77.